The zero-order valence-electron chi connectivity index (χ0n) is 73.3. The average molecular weight is 1960 g/mol. The van der Waals surface area contributed by atoms with Gasteiger partial charge in [-0.3, -0.25) is 43.5 Å². The Balaban J connectivity index is 0.779. The van der Waals surface area contributed by atoms with Gasteiger partial charge >= 0.3 is 11.9 Å². The number of carbonyl (C=O) groups is 7. The minimum absolute atomic E-state index is 0.0426. The van der Waals surface area contributed by atoms with Crippen LogP contribution in [0.25, 0.3) is 21.5 Å². The molecule has 42 nitrogen and oxygen atoms in total. The predicted molar refractivity (Wildman–Crippen MR) is 486 cm³/mol. The molecule has 4 heterocycles. The summed E-state index contributed by atoms with van der Waals surface area (Å²) in [5, 5.41) is 44.5. The summed E-state index contributed by atoms with van der Waals surface area (Å²) < 4.78 is 222. The highest BCUT2D eigenvalue weighted by molar-refractivity contribution is 7.90. The molecule has 6 aromatic carbocycles. The van der Waals surface area contributed by atoms with Gasteiger partial charge in [0.15, 0.2) is 17.6 Å². The number of ether oxygens (including phenoxy) is 2. The van der Waals surface area contributed by atoms with Gasteiger partial charge in [0.05, 0.1) is 49.6 Å². The zero-order valence-corrected chi connectivity index (χ0v) is 78.2. The molecule has 0 spiro atoms. The number of fused-ring (bicyclic) bond motifs is 6. The number of carboxylic acid groups (broad SMARTS) is 2. The van der Waals surface area contributed by atoms with Crippen molar-refractivity contribution in [3.05, 3.63) is 155 Å². The largest absolute Gasteiger partial charge is 0.744 e. The van der Waals surface area contributed by atoms with Crippen molar-refractivity contribution in [1.29, 1.82) is 0 Å². The Morgan fingerprint density at radius 1 is 0.526 bits per heavy atom. The minimum Gasteiger partial charge on any atom is -0.744 e. The number of carboxylic acids is 2. The molecular weight excluding hydrogens is 1860 g/mol. The first-order valence-corrected chi connectivity index (χ1v) is 51.5. The van der Waals surface area contributed by atoms with E-state index >= 15 is 0 Å². The number of aliphatic carboxylic acids is 2. The first kappa shape index (κ1) is 104. The van der Waals surface area contributed by atoms with Crippen molar-refractivity contribution >= 4 is 153 Å². The number of guanidine groups is 2. The fourth-order valence-electron chi connectivity index (χ4n) is 15.7. The van der Waals surface area contributed by atoms with Gasteiger partial charge in [0.1, 0.15) is 89.9 Å². The number of amides is 5. The molecular formula is C85H106N15O27S6-3. The van der Waals surface area contributed by atoms with E-state index in [0.29, 0.717) is 115 Å². The van der Waals surface area contributed by atoms with Gasteiger partial charge in [0.25, 0.3) is 11.8 Å². The zero-order chi connectivity index (χ0) is 97.0. The van der Waals surface area contributed by atoms with Crippen LogP contribution in [0.1, 0.15) is 137 Å². The van der Waals surface area contributed by atoms with Crippen molar-refractivity contribution < 1.29 is 127 Å². The van der Waals surface area contributed by atoms with Gasteiger partial charge in [-0.2, -0.15) is 14.0 Å². The lowest BCUT2D eigenvalue weighted by Crippen LogP contribution is -2.51. The molecule has 10 rings (SSSR count). The van der Waals surface area contributed by atoms with Crippen molar-refractivity contribution in [3.63, 3.8) is 0 Å². The Kier molecular flexibility index (Phi) is 35.0. The van der Waals surface area contributed by atoms with Crippen molar-refractivity contribution in [1.82, 2.24) is 57.3 Å². The number of anilines is 1. The topological polar surface area (TPSA) is 639 Å². The summed E-state index contributed by atoms with van der Waals surface area (Å²) in [5.41, 5.74) is 0.820. The molecule has 0 aliphatic carbocycles. The molecule has 6 aromatic rings. The number of unbranched alkanes of at least 4 members (excludes halogenated alkanes) is 4. The normalized spacial score (nSPS) is 16.1. The number of nitrogens with one attached hydrogen (secondary N) is 11. The molecule has 0 aromatic heterocycles. The highest BCUT2D eigenvalue weighted by Gasteiger charge is 2.46. The Morgan fingerprint density at radius 3 is 1.48 bits per heavy atom. The monoisotopic (exact) mass is 1960 g/mol. The number of carbonyl (C=O) groups excluding carboxylic acids is 5. The van der Waals surface area contributed by atoms with Crippen molar-refractivity contribution in [3.8, 4) is 11.5 Å². The lowest BCUT2D eigenvalue weighted by molar-refractivity contribution is -0.433. The minimum atomic E-state index is -5.42. The van der Waals surface area contributed by atoms with E-state index in [0.717, 1.165) is 38.1 Å². The van der Waals surface area contributed by atoms with E-state index in [1.165, 1.54) is 66.7 Å². The number of aliphatic imine (C=N–C) groups is 2. The van der Waals surface area contributed by atoms with Crippen LogP contribution in [0.3, 0.4) is 0 Å². The van der Waals surface area contributed by atoms with E-state index in [-0.39, 0.29) is 97.4 Å². The fraction of sp³-hybridized carbons (Fsp3) is 0.435. The van der Waals surface area contributed by atoms with Gasteiger partial charge in [0, 0.05) is 123 Å². The van der Waals surface area contributed by atoms with Crippen molar-refractivity contribution in [2.75, 3.05) is 108 Å². The van der Waals surface area contributed by atoms with Crippen LogP contribution in [0.5, 0.6) is 11.5 Å². The quantitative estimate of drug-likeness (QED) is 0.0113. The molecule has 0 saturated heterocycles. The lowest BCUT2D eigenvalue weighted by atomic mass is 9.79. The maximum atomic E-state index is 14.1. The maximum Gasteiger partial charge on any atom is 0.323 e. The molecule has 722 valence electrons. The van der Waals surface area contributed by atoms with Crippen LogP contribution in [0.2, 0.25) is 0 Å². The van der Waals surface area contributed by atoms with Crippen LogP contribution >= 0.6 is 0 Å². The smallest absolute Gasteiger partial charge is 0.323 e. The maximum absolute atomic E-state index is 14.1. The van der Waals surface area contributed by atoms with E-state index in [4.69, 9.17) is 9.47 Å². The molecule has 0 bridgehead atoms. The van der Waals surface area contributed by atoms with E-state index < -0.39 is 188 Å². The number of hydrogen-bond acceptors (Lipinski definition) is 32. The second-order valence-electron chi connectivity index (χ2n) is 32.5. The lowest BCUT2D eigenvalue weighted by Gasteiger charge is -2.27. The van der Waals surface area contributed by atoms with E-state index in [1.54, 1.807) is 64.1 Å². The number of allylic oxidation sites excluding steroid dienone is 6. The molecule has 0 radical (unpaired) electrons. The van der Waals surface area contributed by atoms with Crippen LogP contribution in [-0.4, -0.2) is 264 Å². The van der Waals surface area contributed by atoms with Gasteiger partial charge in [-0.05, 0) is 172 Å². The number of nitrogens with zero attached hydrogens (tertiary/aromatic N) is 4. The highest BCUT2D eigenvalue weighted by Crippen LogP contribution is 2.52. The van der Waals surface area contributed by atoms with E-state index in [9.17, 15) is 112 Å². The third-order valence-electron chi connectivity index (χ3n) is 22.2. The van der Waals surface area contributed by atoms with Crippen LogP contribution in [0.4, 0.5) is 11.4 Å². The van der Waals surface area contributed by atoms with Crippen molar-refractivity contribution in [2.24, 2.45) is 9.98 Å². The molecule has 1 unspecified atom stereocenters. The number of hydrogen-bond donors (Lipinski definition) is 13. The summed E-state index contributed by atoms with van der Waals surface area (Å²) in [6, 6.07) is 15.6. The Labute approximate surface area is 770 Å². The third-order valence-corrected chi connectivity index (χ3v) is 28.3. The second-order valence-corrected chi connectivity index (χ2v) is 41.7. The average Bonchev–Trinajstić information content (AvgIpc) is 1.59. The molecule has 4 aliphatic rings. The van der Waals surface area contributed by atoms with Crippen LogP contribution in [0.15, 0.2) is 163 Å². The molecule has 13 N–H and O–H groups in total. The van der Waals surface area contributed by atoms with Crippen LogP contribution in [0, 0.1) is 0 Å². The molecule has 133 heavy (non-hydrogen) atoms. The summed E-state index contributed by atoms with van der Waals surface area (Å²) >= 11 is 0. The highest BCUT2D eigenvalue weighted by atomic mass is 32.2. The van der Waals surface area contributed by atoms with E-state index in [2.05, 4.69) is 57.8 Å². The van der Waals surface area contributed by atoms with Crippen molar-refractivity contribution in [2.45, 2.75) is 154 Å². The number of rotatable bonds is 48. The second kappa shape index (κ2) is 45.0. The van der Waals surface area contributed by atoms with Crippen LogP contribution in [-0.2, 0) is 95.3 Å². The molecule has 0 fully saturated rings. The Morgan fingerprint density at radius 2 is 1.01 bits per heavy atom. The summed E-state index contributed by atoms with van der Waals surface area (Å²) in [6.45, 7) is 11.3. The summed E-state index contributed by atoms with van der Waals surface area (Å²) in [4.78, 5) is 98.5. The Hall–Kier alpha value is -11.6. The van der Waals surface area contributed by atoms with Crippen LogP contribution < -0.4 is 71.7 Å². The SMILES string of the molecule is CC[N+]1=C(/C=C/C=C/C=C2\N(CCCCCC(=O)NC(CCCCCC(=O)NCCS(=O)(=O)N[C@@H](CNC(=O)c3ccc(OCCNC4=NCCCN4)cc3)C(=O)O)C(=O)NCCS(=O)(=O)N[C@@H](CNC(=O)c3ccc(OCCNC4=NCCCN4)cc3)C(=O)O)c3ccc4c(S(=O)(=O)[O-])cc(S(=O)(=O)[O-])cc4c3C2(C)C)C(C)(C)c2c1ccc1c(S(=O)(=O)[O-])cc(S(=O)(=O)[O-])cc21. The number of sulfonamides is 2. The standard InChI is InChI=1S/C85H109N15O27S6/c1-6-99-67-33-31-60-62(48-58(130(114,115)116)50-69(60)132(120,121)122)75(67)84(2,3)71(99)19-11-8-12-20-72-85(4,5)76-63-49-59(131(117,118)119)51-70(133(123,124)125)61(63)32-34-68(76)100(72)43-15-9-14-22-74(102)96-64(79(105)87-42-47-129(112,113)98-66(81(108)109)53-95-78(104)55-25-29-57(30-26-55)127-45-40-93-83-90-37-17-38-91-83)18-10-7-13-21-73(101)86-41-46-128(110,111)97-65(80(106)107)52-94-77(103)54-23-27-56(28-24-54)126-44-39-92-82-88-35-16-36-89-82/h8,11-12,19-20,23-34,48-51,64-66,97-98H,6-7,9-10,13-18,21-22,35-47,52-53H2,1-5H3,(H14-,86,87,88,89,90,91,92,93,94,95,96,101,102,103,104,105,106,107,108,109,114,115,116,117,118,119,120,121,122,123,124,125)/p-3/t64?,65-,66-/m0/s1. The summed E-state index contributed by atoms with van der Waals surface area (Å²) in [6.07, 6.45) is 11.1. The predicted octanol–water partition coefficient (Wildman–Crippen LogP) is 2.27. The first-order chi connectivity index (χ1) is 62.7. The fourth-order valence-corrected chi connectivity index (χ4v) is 20.6. The summed E-state index contributed by atoms with van der Waals surface area (Å²) in [7, 11) is -30.3. The van der Waals surface area contributed by atoms with Gasteiger partial charge < -0.3 is 90.6 Å². The third kappa shape index (κ3) is 28.3. The summed E-state index contributed by atoms with van der Waals surface area (Å²) in [5.74, 6) is -6.28. The van der Waals surface area contributed by atoms with Gasteiger partial charge in [-0.25, -0.2) is 50.5 Å². The number of benzene rings is 6. The molecule has 0 saturated carbocycles. The Bertz CT molecular complexity index is 6330. The molecule has 5 amide bonds. The van der Waals surface area contributed by atoms with Gasteiger partial charge in [-0.15, -0.1) is 0 Å². The molecule has 4 aliphatic heterocycles. The molecule has 48 heteroatoms. The van der Waals surface area contributed by atoms with E-state index in [1.807, 2.05) is 25.8 Å². The molecule has 3 atom stereocenters. The first-order valence-electron chi connectivity index (χ1n) is 42.6. The van der Waals surface area contributed by atoms with Gasteiger partial charge in [0.2, 0.25) is 43.5 Å². The van der Waals surface area contributed by atoms with Gasteiger partial charge in [-0.1, -0.05) is 57.4 Å².